The fraction of sp³-hybridized carbons (Fsp3) is 0.500. The van der Waals surface area contributed by atoms with Gasteiger partial charge in [-0.1, -0.05) is 68.0 Å². The Morgan fingerprint density at radius 2 is 1.67 bits per heavy atom. The topological polar surface area (TPSA) is 30.5 Å². The number of aryl methyl sites for hydroxylation is 1. The summed E-state index contributed by atoms with van der Waals surface area (Å²) in [4.78, 5) is 0. The van der Waals surface area contributed by atoms with E-state index in [4.69, 9.17) is 9.47 Å². The average Bonchev–Trinajstić information content (AvgIpc) is 2.66. The standard InChI is InChI=1S/C24H33NO2/c1-19-9-8-10-21(15-19)18-27-23-14-13-20(16-24(23)26-2)17-25-22-11-6-4-3-5-7-12-22/h8-10,13-16,22,25H,3-7,11-12,17-18H2,1-2H3. The molecule has 0 radical (unpaired) electrons. The normalized spacial score (nSPS) is 15.8. The largest absolute Gasteiger partial charge is 0.493 e. The number of methoxy groups -OCH3 is 1. The van der Waals surface area contributed by atoms with Gasteiger partial charge in [0.1, 0.15) is 6.61 Å². The molecule has 0 unspecified atom stereocenters. The predicted molar refractivity (Wildman–Crippen MR) is 111 cm³/mol. The van der Waals surface area contributed by atoms with E-state index in [0.29, 0.717) is 12.6 Å². The van der Waals surface area contributed by atoms with E-state index in [2.05, 4.69) is 48.6 Å². The van der Waals surface area contributed by atoms with E-state index in [-0.39, 0.29) is 0 Å². The molecule has 1 N–H and O–H groups in total. The van der Waals surface area contributed by atoms with E-state index in [0.717, 1.165) is 18.0 Å². The lowest BCUT2D eigenvalue weighted by molar-refractivity contribution is 0.284. The highest BCUT2D eigenvalue weighted by Crippen LogP contribution is 2.29. The first-order chi connectivity index (χ1) is 13.2. The maximum absolute atomic E-state index is 6.00. The summed E-state index contributed by atoms with van der Waals surface area (Å²) in [6, 6.07) is 15.3. The average molecular weight is 368 g/mol. The molecule has 2 aromatic carbocycles. The number of ether oxygens (including phenoxy) is 2. The van der Waals surface area contributed by atoms with Gasteiger partial charge in [-0.3, -0.25) is 0 Å². The van der Waals surface area contributed by atoms with E-state index in [1.807, 2.05) is 6.07 Å². The van der Waals surface area contributed by atoms with Crippen LogP contribution in [0.25, 0.3) is 0 Å². The van der Waals surface area contributed by atoms with E-state index in [1.54, 1.807) is 7.11 Å². The van der Waals surface area contributed by atoms with Gasteiger partial charge in [0.15, 0.2) is 11.5 Å². The minimum atomic E-state index is 0.553. The van der Waals surface area contributed by atoms with Crippen LogP contribution in [-0.2, 0) is 13.2 Å². The van der Waals surface area contributed by atoms with Crippen molar-refractivity contribution in [1.82, 2.24) is 5.32 Å². The second-order valence-corrected chi connectivity index (χ2v) is 7.69. The van der Waals surface area contributed by atoms with Crippen LogP contribution >= 0.6 is 0 Å². The van der Waals surface area contributed by atoms with Gasteiger partial charge >= 0.3 is 0 Å². The summed E-state index contributed by atoms with van der Waals surface area (Å²) < 4.78 is 11.6. The monoisotopic (exact) mass is 367 g/mol. The van der Waals surface area contributed by atoms with Gasteiger partial charge in [-0.05, 0) is 43.0 Å². The van der Waals surface area contributed by atoms with Crippen molar-refractivity contribution in [2.75, 3.05) is 7.11 Å². The van der Waals surface area contributed by atoms with Crippen LogP contribution in [0.3, 0.4) is 0 Å². The number of benzene rings is 2. The zero-order valence-electron chi connectivity index (χ0n) is 16.8. The van der Waals surface area contributed by atoms with Gasteiger partial charge in [0, 0.05) is 12.6 Å². The first kappa shape index (κ1) is 19.8. The molecule has 3 heteroatoms. The number of hydrogen-bond donors (Lipinski definition) is 1. The highest BCUT2D eigenvalue weighted by molar-refractivity contribution is 5.43. The van der Waals surface area contributed by atoms with Crippen LogP contribution in [0.1, 0.15) is 61.6 Å². The zero-order chi connectivity index (χ0) is 18.9. The van der Waals surface area contributed by atoms with E-state index in [1.165, 1.54) is 61.6 Å². The molecular weight excluding hydrogens is 334 g/mol. The van der Waals surface area contributed by atoms with Crippen LogP contribution < -0.4 is 14.8 Å². The van der Waals surface area contributed by atoms with Crippen molar-refractivity contribution in [3.63, 3.8) is 0 Å². The van der Waals surface area contributed by atoms with Crippen LogP contribution in [0.4, 0.5) is 0 Å². The summed E-state index contributed by atoms with van der Waals surface area (Å²) in [5, 5.41) is 3.74. The van der Waals surface area contributed by atoms with E-state index >= 15 is 0 Å². The molecule has 2 aromatic rings. The lowest BCUT2D eigenvalue weighted by Gasteiger charge is -2.21. The molecule has 0 amide bonds. The number of hydrogen-bond acceptors (Lipinski definition) is 3. The Morgan fingerprint density at radius 1 is 0.889 bits per heavy atom. The van der Waals surface area contributed by atoms with Crippen LogP contribution in [0.15, 0.2) is 42.5 Å². The summed E-state index contributed by atoms with van der Waals surface area (Å²) in [5.41, 5.74) is 3.67. The van der Waals surface area contributed by atoms with Crippen LogP contribution in [-0.4, -0.2) is 13.2 Å². The Balaban J connectivity index is 1.56. The molecule has 1 aliphatic carbocycles. The van der Waals surface area contributed by atoms with E-state index < -0.39 is 0 Å². The third-order valence-corrected chi connectivity index (χ3v) is 5.40. The third-order valence-electron chi connectivity index (χ3n) is 5.40. The van der Waals surface area contributed by atoms with Crippen LogP contribution in [0.2, 0.25) is 0 Å². The van der Waals surface area contributed by atoms with Gasteiger partial charge in [-0.15, -0.1) is 0 Å². The molecule has 0 saturated heterocycles. The highest BCUT2D eigenvalue weighted by Gasteiger charge is 2.12. The highest BCUT2D eigenvalue weighted by atomic mass is 16.5. The maximum atomic E-state index is 6.00. The Hall–Kier alpha value is -2.00. The Labute approximate surface area is 164 Å². The molecule has 27 heavy (non-hydrogen) atoms. The van der Waals surface area contributed by atoms with E-state index in [9.17, 15) is 0 Å². The molecule has 0 spiro atoms. The summed E-state index contributed by atoms with van der Waals surface area (Å²) in [6.45, 7) is 3.54. The SMILES string of the molecule is COc1cc(CNC2CCCCCCC2)ccc1OCc1cccc(C)c1. The molecule has 0 aromatic heterocycles. The zero-order valence-corrected chi connectivity index (χ0v) is 16.8. The summed E-state index contributed by atoms with van der Waals surface area (Å²) in [7, 11) is 1.71. The van der Waals surface area contributed by atoms with Gasteiger partial charge in [-0.25, -0.2) is 0 Å². The molecule has 3 rings (SSSR count). The molecule has 1 fully saturated rings. The van der Waals surface area contributed by atoms with Gasteiger partial charge < -0.3 is 14.8 Å². The Bertz CT molecular complexity index is 705. The Morgan fingerprint density at radius 3 is 2.41 bits per heavy atom. The van der Waals surface area contributed by atoms with Crippen molar-refractivity contribution < 1.29 is 9.47 Å². The molecule has 0 atom stereocenters. The minimum absolute atomic E-state index is 0.553. The fourth-order valence-electron chi connectivity index (χ4n) is 3.83. The van der Waals surface area contributed by atoms with Crippen molar-refractivity contribution >= 4 is 0 Å². The van der Waals surface area contributed by atoms with Crippen LogP contribution in [0, 0.1) is 6.92 Å². The second kappa shape index (κ2) is 10.4. The number of rotatable bonds is 7. The number of nitrogens with one attached hydrogen (secondary N) is 1. The van der Waals surface area contributed by atoms with Gasteiger partial charge in [0.2, 0.25) is 0 Å². The molecule has 1 saturated carbocycles. The smallest absolute Gasteiger partial charge is 0.161 e. The van der Waals surface area contributed by atoms with Crippen molar-refractivity contribution in [2.24, 2.45) is 0 Å². The molecule has 0 aliphatic heterocycles. The van der Waals surface area contributed by atoms with Gasteiger partial charge in [0.25, 0.3) is 0 Å². The van der Waals surface area contributed by atoms with Crippen molar-refractivity contribution in [3.8, 4) is 11.5 Å². The predicted octanol–water partition coefficient (Wildman–Crippen LogP) is 5.79. The lowest BCUT2D eigenvalue weighted by atomic mass is 9.96. The first-order valence-electron chi connectivity index (χ1n) is 10.3. The van der Waals surface area contributed by atoms with Crippen molar-refractivity contribution in [1.29, 1.82) is 0 Å². The van der Waals surface area contributed by atoms with Gasteiger partial charge in [0.05, 0.1) is 7.11 Å². The van der Waals surface area contributed by atoms with Crippen LogP contribution in [0.5, 0.6) is 11.5 Å². The molecule has 0 bridgehead atoms. The Kier molecular flexibility index (Phi) is 7.58. The molecule has 0 heterocycles. The fourth-order valence-corrected chi connectivity index (χ4v) is 3.83. The molecule has 1 aliphatic rings. The third kappa shape index (κ3) is 6.28. The summed E-state index contributed by atoms with van der Waals surface area (Å²) >= 11 is 0. The molecular formula is C24H33NO2. The lowest BCUT2D eigenvalue weighted by Crippen LogP contribution is -2.29. The van der Waals surface area contributed by atoms with Crippen molar-refractivity contribution in [2.45, 2.75) is 71.1 Å². The maximum Gasteiger partial charge on any atom is 0.161 e. The molecule has 3 nitrogen and oxygen atoms in total. The van der Waals surface area contributed by atoms with Gasteiger partial charge in [-0.2, -0.15) is 0 Å². The summed E-state index contributed by atoms with van der Waals surface area (Å²) in [5.74, 6) is 1.60. The molecule has 146 valence electrons. The summed E-state index contributed by atoms with van der Waals surface area (Å²) in [6.07, 6.45) is 9.50. The van der Waals surface area contributed by atoms with Crippen molar-refractivity contribution in [3.05, 3.63) is 59.2 Å². The first-order valence-corrected chi connectivity index (χ1v) is 10.3. The quantitative estimate of drug-likeness (QED) is 0.672. The second-order valence-electron chi connectivity index (χ2n) is 7.69. The minimum Gasteiger partial charge on any atom is -0.493 e.